The van der Waals surface area contributed by atoms with Crippen LogP contribution >= 0.6 is 0 Å². The largest absolute Gasteiger partial charge is 0.390 e. The zero-order valence-electron chi connectivity index (χ0n) is 66.3. The zero-order chi connectivity index (χ0) is 82.6. The molecule has 0 amide bonds. The molecule has 0 aromatic carbocycles. The van der Waals surface area contributed by atoms with E-state index in [1.165, 1.54) is 55.5 Å². The lowest BCUT2D eigenvalue weighted by Crippen LogP contribution is -2.49. The topological polar surface area (TPSA) is 427 Å². The Morgan fingerprint density at radius 1 is 0.337 bits per heavy atom. The SMILES string of the molecule is C=CC(=N)C(C)O.C=CC(=N)C(O)C=C.C=CC(=N)C(O)CC.C=CC(=N)C(O)[Si](C)(C)C.C=CC(=N)C(O)[Si](CC)(CC)CC.C=CC(=N)CO.C=CC(=NC)C(C)O.C=CC(=NC)C(O)CC.C=CC(=NC)C(O)[Si](C)(C)C.C=CC(=NC)C(O)[Si](CC)(CC)CC.C=CC(CO)=NC. The number of hydrogen-bond acceptors (Lipinski definition) is 22. The van der Waals surface area contributed by atoms with Gasteiger partial charge >= 0.3 is 0 Å². The Kier molecular flexibility index (Phi) is 86.3. The molecule has 0 fully saturated rings. The van der Waals surface area contributed by atoms with E-state index in [-0.39, 0.29) is 53.2 Å². The fourth-order valence-corrected chi connectivity index (χ4v) is 16.3. The summed E-state index contributed by atoms with van der Waals surface area (Å²) in [7, 11) is 1.98. The van der Waals surface area contributed by atoms with E-state index in [0.29, 0.717) is 41.4 Å². The molecule has 9 unspecified atom stereocenters. The highest BCUT2D eigenvalue weighted by Crippen LogP contribution is 2.26. The van der Waals surface area contributed by atoms with Crippen molar-refractivity contribution in [3.63, 3.8) is 0 Å². The van der Waals surface area contributed by atoms with Crippen molar-refractivity contribution < 1.29 is 56.2 Å². The van der Waals surface area contributed by atoms with Gasteiger partial charge in [0, 0.05) is 35.2 Å². The lowest BCUT2D eigenvalue weighted by molar-refractivity contribution is 0.237. The lowest BCUT2D eigenvalue weighted by Gasteiger charge is -2.33. The van der Waals surface area contributed by atoms with Gasteiger partial charge in [0.15, 0.2) is 0 Å². The van der Waals surface area contributed by atoms with Gasteiger partial charge in [-0.3, -0.25) is 25.0 Å². The van der Waals surface area contributed by atoms with Gasteiger partial charge in [0.05, 0.1) is 156 Å². The molecule has 0 heterocycles. The first-order valence-corrected chi connectivity index (χ1v) is 46.0. The molecule has 26 heteroatoms. The highest BCUT2D eigenvalue weighted by Gasteiger charge is 2.38. The molecule has 101 heavy (non-hydrogen) atoms. The minimum atomic E-state index is -1.65. The molecular weight excluding hydrogens is 1340 g/mol. The average molecular weight is 1490 g/mol. The third-order valence-corrected chi connectivity index (χ3v) is 30.4. The Balaban J connectivity index is -0.0000000989. The minimum Gasteiger partial charge on any atom is -0.390 e. The van der Waals surface area contributed by atoms with Gasteiger partial charge in [-0.05, 0) is 93.5 Å². The summed E-state index contributed by atoms with van der Waals surface area (Å²) in [5, 5.41) is 142. The highest BCUT2D eigenvalue weighted by molar-refractivity contribution is 6.84. The van der Waals surface area contributed by atoms with Crippen molar-refractivity contribution in [3.8, 4) is 0 Å². The lowest BCUT2D eigenvalue weighted by atomic mass is 10.2. The van der Waals surface area contributed by atoms with Crippen LogP contribution in [0.1, 0.15) is 82.1 Å². The van der Waals surface area contributed by atoms with Crippen molar-refractivity contribution in [2.45, 2.75) is 211 Å². The van der Waals surface area contributed by atoms with Crippen molar-refractivity contribution >= 4 is 95.1 Å². The van der Waals surface area contributed by atoms with Crippen LogP contribution in [0.2, 0.25) is 75.5 Å². The molecule has 0 radical (unpaired) electrons. The monoisotopic (exact) mass is 1490 g/mol. The predicted molar refractivity (Wildman–Crippen MR) is 457 cm³/mol. The van der Waals surface area contributed by atoms with Crippen LogP contribution in [0.15, 0.2) is 177 Å². The second-order valence-corrected chi connectivity index (χ2v) is 45.1. The summed E-state index contributed by atoms with van der Waals surface area (Å²) in [5.41, 5.74) is 2.75. The maximum Gasteiger partial charge on any atom is 0.113 e. The minimum absolute atomic E-state index is 0.0139. The maximum atomic E-state index is 10.3. The Hall–Kier alpha value is -6.32. The van der Waals surface area contributed by atoms with Crippen LogP contribution in [0.3, 0.4) is 0 Å². The molecule has 0 aliphatic heterocycles. The molecule has 0 saturated heterocycles. The first kappa shape index (κ1) is 119. The number of hydrogen-bond donors (Lipinski definition) is 17. The number of aliphatic hydroxyl groups is 11. The van der Waals surface area contributed by atoms with E-state index in [4.69, 9.17) is 68.2 Å². The average Bonchev–Trinajstić information content (AvgIpc) is 0.846. The van der Waals surface area contributed by atoms with Crippen LogP contribution in [-0.4, -0.2) is 253 Å². The molecule has 0 spiro atoms. The molecule has 0 bridgehead atoms. The van der Waals surface area contributed by atoms with Crippen LogP contribution in [0.5, 0.6) is 0 Å². The van der Waals surface area contributed by atoms with E-state index in [0.717, 1.165) is 42.0 Å². The van der Waals surface area contributed by atoms with Crippen molar-refractivity contribution in [1.82, 2.24) is 0 Å². The number of nitrogens with zero attached hydrogens (tertiary/aromatic N) is 5. The predicted octanol–water partition coefficient (Wildman–Crippen LogP) is 12.5. The normalized spacial score (nSPS) is 13.8. The van der Waals surface area contributed by atoms with Gasteiger partial charge in [-0.25, -0.2) is 0 Å². The van der Waals surface area contributed by atoms with E-state index >= 15 is 0 Å². The van der Waals surface area contributed by atoms with E-state index in [9.17, 15) is 20.4 Å². The van der Waals surface area contributed by atoms with Crippen molar-refractivity contribution in [2.24, 2.45) is 25.0 Å². The Morgan fingerprint density at radius 2 is 0.644 bits per heavy atom. The van der Waals surface area contributed by atoms with Gasteiger partial charge in [0.2, 0.25) is 0 Å². The van der Waals surface area contributed by atoms with Crippen molar-refractivity contribution in [3.05, 3.63) is 152 Å². The third-order valence-electron chi connectivity index (χ3n) is 15.1. The molecule has 0 rings (SSSR count). The molecule has 22 nitrogen and oxygen atoms in total. The fourth-order valence-electron chi connectivity index (χ4n) is 7.19. The van der Waals surface area contributed by atoms with Crippen LogP contribution < -0.4 is 0 Å². The summed E-state index contributed by atoms with van der Waals surface area (Å²) in [4.78, 5) is 19.3. The van der Waals surface area contributed by atoms with Crippen molar-refractivity contribution in [2.75, 3.05) is 48.5 Å². The summed E-state index contributed by atoms with van der Waals surface area (Å²) < 4.78 is 0. The molecule has 0 aromatic heterocycles. The first-order valence-electron chi connectivity index (χ1n) is 33.4. The quantitative estimate of drug-likeness (QED) is 0.0161. The summed E-state index contributed by atoms with van der Waals surface area (Å²) in [6.45, 7) is 73.1. The van der Waals surface area contributed by atoms with Crippen LogP contribution in [-0.2, 0) is 0 Å². The van der Waals surface area contributed by atoms with Gasteiger partial charge in [0.1, 0.15) is 6.10 Å². The van der Waals surface area contributed by atoms with Crippen LogP contribution in [0.25, 0.3) is 0 Å². The maximum absolute atomic E-state index is 10.3. The second kappa shape index (κ2) is 73.4. The second-order valence-electron chi connectivity index (χ2n) is 23.7. The summed E-state index contributed by atoms with van der Waals surface area (Å²) in [6, 6.07) is 6.43. The van der Waals surface area contributed by atoms with Gasteiger partial charge in [-0.1, -0.05) is 209 Å². The van der Waals surface area contributed by atoms with E-state index in [1.807, 2.05) is 33.5 Å². The number of aliphatic hydroxyl groups excluding tert-OH is 11. The molecular formula is C75H145N11O11Si4. The third kappa shape index (κ3) is 60.9. The number of nitrogens with one attached hydrogen (secondary N) is 6. The van der Waals surface area contributed by atoms with Gasteiger partial charge in [-0.15, -0.1) is 6.58 Å². The molecule has 0 saturated carbocycles. The van der Waals surface area contributed by atoms with Crippen LogP contribution in [0, 0.1) is 32.5 Å². The Morgan fingerprint density at radius 3 is 0.752 bits per heavy atom. The number of aliphatic imine (C=N–C) groups is 5. The summed E-state index contributed by atoms with van der Waals surface area (Å²) in [6.07, 6.45) is 15.6. The van der Waals surface area contributed by atoms with Crippen molar-refractivity contribution in [1.29, 1.82) is 32.5 Å². The molecule has 17 N–H and O–H groups in total. The van der Waals surface area contributed by atoms with Crippen LogP contribution in [0.4, 0.5) is 0 Å². The standard InChI is InChI=1S/C11H23NOSi.C10H21NOSi.C8H17NOSi.C7H15NOSi.C7H13NO.2C6H11NO.C6H9NO.2C5H9NO.C4H7NO/c1-6-10(12-5)11(13)14(7-2,8-3)9-4;1-5-9(11)10(12)13(6-2,7-3)8-4;1-6-7(9-2)8(10)11(3,4)5;1-5-6(8)7(9)10(2,3)4;1-4-6(8-3)7(9)5-2;1-4-6(7-3)5(2)8;2*1-3-5(7)6(8)4-2;1-3-5(4-7)6-2;1-3-5(6)4(2)7;1-2-4(5)3-6/h6,11,13H,1,7-9H2,2-5H3;5,10-12H,1,6-8H2,2-4H3;6,8,10H,1H2,2-5H3;5,7-9H,1H2,2-4H3;4,7,9H,1,5H2,2-3H3;4-5,8H,1H2,2-3H3;3,6-8H,1,4H2,2H3;3-4,6-8H,1-2H2;3,7H,1,4H2,2H3;3-4,6-7H,1H2,2H3;2,5-6H,1,3H2. The van der Waals surface area contributed by atoms with Gasteiger partial charge in [-0.2, -0.15) is 0 Å². The Bertz CT molecular complexity index is 2560. The zero-order valence-corrected chi connectivity index (χ0v) is 70.3. The molecule has 9 atom stereocenters. The van der Waals surface area contributed by atoms with E-state index in [2.05, 4.69) is 165 Å². The smallest absolute Gasteiger partial charge is 0.113 e. The Labute approximate surface area is 616 Å². The first-order chi connectivity index (χ1) is 46.8. The van der Waals surface area contributed by atoms with Gasteiger partial charge in [0.25, 0.3) is 0 Å². The summed E-state index contributed by atoms with van der Waals surface area (Å²) >= 11 is 0. The molecule has 582 valence electrons. The molecule has 0 aliphatic rings. The molecule has 0 aliphatic carbocycles. The number of rotatable bonds is 35. The van der Waals surface area contributed by atoms with Gasteiger partial charge < -0.3 is 88.6 Å². The van der Waals surface area contributed by atoms with E-state index < -0.39 is 74.3 Å². The molecule has 0 aromatic rings. The summed E-state index contributed by atoms with van der Waals surface area (Å²) in [5.74, 6) is 0. The fraction of sp³-hybridized carbons (Fsp3) is 0.533. The highest BCUT2D eigenvalue weighted by atomic mass is 28.3. The van der Waals surface area contributed by atoms with E-state index in [1.54, 1.807) is 66.5 Å².